The van der Waals surface area contributed by atoms with E-state index in [2.05, 4.69) is 21.6 Å². The van der Waals surface area contributed by atoms with Crippen molar-refractivity contribution in [1.29, 1.82) is 0 Å². The molecule has 6 nitrogen and oxygen atoms in total. The number of nitrogens with two attached hydrogens (primary N) is 1. The van der Waals surface area contributed by atoms with Crippen LogP contribution in [0.3, 0.4) is 0 Å². The zero-order valence-corrected chi connectivity index (χ0v) is 14.6. The van der Waals surface area contributed by atoms with Gasteiger partial charge in [-0.1, -0.05) is 18.2 Å². The number of primary amides is 1. The minimum atomic E-state index is -0.569. The molecule has 1 atom stereocenters. The summed E-state index contributed by atoms with van der Waals surface area (Å²) in [7, 11) is 3.99. The first-order valence-corrected chi connectivity index (χ1v) is 8.45. The molecule has 128 valence electrons. The number of nitrogens with zero attached hydrogens (tertiary/aromatic N) is 1. The molecule has 1 aromatic carbocycles. The summed E-state index contributed by atoms with van der Waals surface area (Å²) in [4.78, 5) is 26.3. The van der Waals surface area contributed by atoms with E-state index in [-0.39, 0.29) is 11.9 Å². The predicted molar refractivity (Wildman–Crippen MR) is 95.9 cm³/mol. The number of hydrogen-bond donors (Lipinski definition) is 3. The molecule has 0 bridgehead atoms. The van der Waals surface area contributed by atoms with E-state index in [0.717, 1.165) is 5.56 Å². The Balaban J connectivity index is 1.93. The lowest BCUT2D eigenvalue weighted by Crippen LogP contribution is -2.34. The number of nitrogens with one attached hydrogen (secondary N) is 2. The lowest BCUT2D eigenvalue weighted by molar-refractivity contribution is 0.0942. The van der Waals surface area contributed by atoms with Crippen LogP contribution < -0.4 is 16.4 Å². The van der Waals surface area contributed by atoms with Gasteiger partial charge in [-0.2, -0.15) is 0 Å². The minimum Gasteiger partial charge on any atom is -0.352 e. The van der Waals surface area contributed by atoms with Gasteiger partial charge in [-0.15, -0.1) is 11.3 Å². The third-order valence-electron chi connectivity index (χ3n) is 3.63. The predicted octanol–water partition coefficient (Wildman–Crippen LogP) is 1.95. The van der Waals surface area contributed by atoms with Gasteiger partial charge in [-0.25, -0.2) is 4.79 Å². The fourth-order valence-electron chi connectivity index (χ4n) is 2.27. The van der Waals surface area contributed by atoms with Crippen LogP contribution in [-0.2, 0) is 6.54 Å². The second-order valence-electron chi connectivity index (χ2n) is 5.62. The van der Waals surface area contributed by atoms with Gasteiger partial charge in [0.1, 0.15) is 0 Å². The molecule has 4 N–H and O–H groups in total. The number of carbonyl (C=O) groups is 2. The van der Waals surface area contributed by atoms with Crippen molar-refractivity contribution in [1.82, 2.24) is 15.5 Å². The van der Waals surface area contributed by atoms with Gasteiger partial charge in [0.2, 0.25) is 0 Å². The highest BCUT2D eigenvalue weighted by Crippen LogP contribution is 2.22. The number of thiophene rings is 1. The van der Waals surface area contributed by atoms with Crippen molar-refractivity contribution in [3.63, 3.8) is 0 Å². The average molecular weight is 346 g/mol. The van der Waals surface area contributed by atoms with Gasteiger partial charge < -0.3 is 21.3 Å². The average Bonchev–Trinajstić information content (AvgIpc) is 3.07. The first kappa shape index (κ1) is 18.0. The van der Waals surface area contributed by atoms with Crippen LogP contribution in [0.5, 0.6) is 0 Å². The largest absolute Gasteiger partial charge is 0.352 e. The number of carbonyl (C=O) groups excluding carboxylic acids is 2. The van der Waals surface area contributed by atoms with E-state index in [0.29, 0.717) is 18.7 Å². The summed E-state index contributed by atoms with van der Waals surface area (Å²) in [6.45, 7) is 0.885. The van der Waals surface area contributed by atoms with Crippen molar-refractivity contribution in [3.8, 4) is 0 Å². The monoisotopic (exact) mass is 346 g/mol. The SMILES string of the molecule is CN(C)C(CNC(=O)c1ccc(CNC(N)=O)cc1)c1cccs1. The Morgan fingerprint density at radius 3 is 2.42 bits per heavy atom. The first-order valence-electron chi connectivity index (χ1n) is 7.57. The van der Waals surface area contributed by atoms with E-state index in [1.54, 1.807) is 35.6 Å². The van der Waals surface area contributed by atoms with Crippen LogP contribution in [0.15, 0.2) is 41.8 Å². The lowest BCUT2D eigenvalue weighted by Gasteiger charge is -2.23. The summed E-state index contributed by atoms with van der Waals surface area (Å²) >= 11 is 1.68. The van der Waals surface area contributed by atoms with Crippen LogP contribution in [0.25, 0.3) is 0 Å². The molecule has 24 heavy (non-hydrogen) atoms. The summed E-state index contributed by atoms with van der Waals surface area (Å²) in [5.74, 6) is -0.118. The lowest BCUT2D eigenvalue weighted by atomic mass is 10.1. The number of likely N-dealkylation sites (N-methyl/N-ethyl adjacent to an activating group) is 1. The second-order valence-corrected chi connectivity index (χ2v) is 6.60. The zero-order valence-electron chi connectivity index (χ0n) is 13.8. The van der Waals surface area contributed by atoms with Gasteiger partial charge in [0.05, 0.1) is 6.04 Å². The van der Waals surface area contributed by atoms with E-state index >= 15 is 0 Å². The van der Waals surface area contributed by atoms with Crippen LogP contribution in [0.4, 0.5) is 4.79 Å². The third-order valence-corrected chi connectivity index (χ3v) is 4.61. The molecule has 0 aliphatic rings. The van der Waals surface area contributed by atoms with Gasteiger partial charge in [0.25, 0.3) is 5.91 Å². The van der Waals surface area contributed by atoms with Crippen molar-refractivity contribution >= 4 is 23.3 Å². The summed E-state index contributed by atoms with van der Waals surface area (Å²) < 4.78 is 0. The molecule has 0 aliphatic carbocycles. The summed E-state index contributed by atoms with van der Waals surface area (Å²) in [6.07, 6.45) is 0. The van der Waals surface area contributed by atoms with Crippen LogP contribution in [0, 0.1) is 0 Å². The second kappa shape index (κ2) is 8.47. The molecule has 0 saturated carbocycles. The topological polar surface area (TPSA) is 87.5 Å². The smallest absolute Gasteiger partial charge is 0.312 e. The molecule has 7 heteroatoms. The van der Waals surface area contributed by atoms with Crippen molar-refractivity contribution in [2.45, 2.75) is 12.6 Å². The van der Waals surface area contributed by atoms with Crippen LogP contribution in [0.2, 0.25) is 0 Å². The highest BCUT2D eigenvalue weighted by atomic mass is 32.1. The Morgan fingerprint density at radius 1 is 1.17 bits per heavy atom. The Hall–Kier alpha value is -2.38. The zero-order chi connectivity index (χ0) is 17.5. The van der Waals surface area contributed by atoms with Crippen molar-refractivity contribution in [3.05, 3.63) is 57.8 Å². The summed E-state index contributed by atoms with van der Waals surface area (Å²) in [5, 5.41) is 7.52. The quantitative estimate of drug-likeness (QED) is 0.716. The number of rotatable bonds is 7. The van der Waals surface area contributed by atoms with Crippen LogP contribution in [0.1, 0.15) is 26.8 Å². The third kappa shape index (κ3) is 5.07. The molecule has 1 aromatic heterocycles. The van der Waals surface area contributed by atoms with E-state index in [1.165, 1.54) is 4.88 Å². The van der Waals surface area contributed by atoms with Crippen LogP contribution >= 0.6 is 11.3 Å². The highest BCUT2D eigenvalue weighted by molar-refractivity contribution is 7.10. The minimum absolute atomic E-state index is 0.118. The molecule has 2 rings (SSSR count). The molecule has 0 saturated heterocycles. The molecular formula is C17H22N4O2S. The van der Waals surface area contributed by atoms with Gasteiger partial charge in [0, 0.05) is 23.5 Å². The summed E-state index contributed by atoms with van der Waals surface area (Å²) in [6, 6.07) is 10.7. The van der Waals surface area contributed by atoms with E-state index in [9.17, 15) is 9.59 Å². The van der Waals surface area contributed by atoms with Crippen molar-refractivity contribution in [2.24, 2.45) is 5.73 Å². The Morgan fingerprint density at radius 2 is 1.88 bits per heavy atom. The van der Waals surface area contributed by atoms with Crippen molar-refractivity contribution in [2.75, 3.05) is 20.6 Å². The highest BCUT2D eigenvalue weighted by Gasteiger charge is 2.16. The van der Waals surface area contributed by atoms with Gasteiger partial charge >= 0.3 is 6.03 Å². The molecular weight excluding hydrogens is 324 g/mol. The van der Waals surface area contributed by atoms with Crippen LogP contribution in [-0.4, -0.2) is 37.5 Å². The molecule has 1 unspecified atom stereocenters. The Kier molecular flexibility index (Phi) is 6.34. The van der Waals surface area contributed by atoms with Gasteiger partial charge in [0.15, 0.2) is 0 Å². The maximum Gasteiger partial charge on any atom is 0.312 e. The number of urea groups is 1. The number of amides is 3. The van der Waals surface area contributed by atoms with Gasteiger partial charge in [-0.3, -0.25) is 4.79 Å². The molecule has 0 radical (unpaired) electrons. The molecule has 0 fully saturated rings. The molecule has 0 spiro atoms. The Labute approximate surface area is 145 Å². The number of benzene rings is 1. The fraction of sp³-hybridized carbons (Fsp3) is 0.294. The van der Waals surface area contributed by atoms with E-state index in [1.807, 2.05) is 25.5 Å². The molecule has 1 heterocycles. The first-order chi connectivity index (χ1) is 11.5. The molecule has 2 aromatic rings. The summed E-state index contributed by atoms with van der Waals surface area (Å²) in [5.41, 5.74) is 6.50. The standard InChI is InChI=1S/C17H22N4O2S/c1-21(2)14(15-4-3-9-24-15)11-19-16(22)13-7-5-12(6-8-13)10-20-17(18)23/h3-9,14H,10-11H2,1-2H3,(H,19,22)(H3,18,20,23). The maximum atomic E-state index is 12.3. The number of hydrogen-bond acceptors (Lipinski definition) is 4. The molecule has 3 amide bonds. The van der Waals surface area contributed by atoms with E-state index < -0.39 is 6.03 Å². The van der Waals surface area contributed by atoms with Crippen molar-refractivity contribution < 1.29 is 9.59 Å². The van der Waals surface area contributed by atoms with Gasteiger partial charge in [-0.05, 0) is 43.2 Å². The van der Waals surface area contributed by atoms with E-state index in [4.69, 9.17) is 5.73 Å². The Bertz CT molecular complexity index is 668. The fourth-order valence-corrected chi connectivity index (χ4v) is 3.20. The molecule has 0 aliphatic heterocycles. The maximum absolute atomic E-state index is 12.3. The normalized spacial score (nSPS) is 12.0.